The van der Waals surface area contributed by atoms with Crippen LogP contribution < -0.4 is 0 Å². The van der Waals surface area contributed by atoms with Gasteiger partial charge in [-0.2, -0.15) is 5.26 Å². The van der Waals surface area contributed by atoms with E-state index in [0.717, 1.165) is 32.4 Å². The van der Waals surface area contributed by atoms with Gasteiger partial charge in [0.2, 0.25) is 0 Å². The molecule has 0 aromatic heterocycles. The molecule has 2 heteroatoms. The molecule has 0 aliphatic carbocycles. The summed E-state index contributed by atoms with van der Waals surface area (Å²) in [5.74, 6) is 0.460. The van der Waals surface area contributed by atoms with E-state index in [1.54, 1.807) is 0 Å². The van der Waals surface area contributed by atoms with Gasteiger partial charge >= 0.3 is 0 Å². The minimum atomic E-state index is 0.00104. The minimum absolute atomic E-state index is 0.00104. The lowest BCUT2D eigenvalue weighted by atomic mass is 9.87. The van der Waals surface area contributed by atoms with Crippen LogP contribution in [0.15, 0.2) is 54.6 Å². The molecule has 0 N–H and O–H groups in total. The first-order chi connectivity index (χ1) is 12.1. The van der Waals surface area contributed by atoms with E-state index < -0.39 is 0 Å². The molecule has 1 unspecified atom stereocenters. The third-order valence-electron chi connectivity index (χ3n) is 4.81. The van der Waals surface area contributed by atoms with Gasteiger partial charge in [0.15, 0.2) is 0 Å². The van der Waals surface area contributed by atoms with Gasteiger partial charge in [-0.15, -0.1) is 0 Å². The predicted molar refractivity (Wildman–Crippen MR) is 106 cm³/mol. The van der Waals surface area contributed by atoms with Crippen molar-refractivity contribution in [3.63, 3.8) is 0 Å². The first kappa shape index (κ1) is 19.2. The summed E-state index contributed by atoms with van der Waals surface area (Å²) in [6.45, 7) is 6.49. The number of hydrogen-bond donors (Lipinski definition) is 0. The first-order valence-electron chi connectivity index (χ1n) is 9.32. The van der Waals surface area contributed by atoms with Crippen molar-refractivity contribution in [1.82, 2.24) is 4.90 Å². The second-order valence-corrected chi connectivity index (χ2v) is 7.15. The highest BCUT2D eigenvalue weighted by atomic mass is 15.1. The van der Waals surface area contributed by atoms with Crippen LogP contribution in [0, 0.1) is 11.3 Å². The summed E-state index contributed by atoms with van der Waals surface area (Å²) in [4.78, 5) is 2.37. The van der Waals surface area contributed by atoms with Crippen molar-refractivity contribution in [1.29, 1.82) is 5.26 Å². The van der Waals surface area contributed by atoms with Gasteiger partial charge in [0.1, 0.15) is 0 Å². The quantitative estimate of drug-likeness (QED) is 0.616. The molecule has 0 aliphatic heterocycles. The van der Waals surface area contributed by atoms with Crippen molar-refractivity contribution in [3.05, 3.63) is 71.3 Å². The Morgan fingerprint density at radius 3 is 2.20 bits per heavy atom. The standard InChI is InChI=1S/C23H30N2/c1-19(2)22-13-7-8-14-23(22)21(18-24)12-9-16-25(3)17-15-20-10-5-4-6-11-20/h4-8,10-11,13-14,19,21H,9,12,15-17H2,1-3H3. The summed E-state index contributed by atoms with van der Waals surface area (Å²) < 4.78 is 0. The zero-order valence-corrected chi connectivity index (χ0v) is 15.8. The van der Waals surface area contributed by atoms with E-state index in [2.05, 4.69) is 86.5 Å². The minimum Gasteiger partial charge on any atom is -0.306 e. The second-order valence-electron chi connectivity index (χ2n) is 7.15. The van der Waals surface area contributed by atoms with Crippen LogP contribution in [-0.4, -0.2) is 25.0 Å². The van der Waals surface area contributed by atoms with Gasteiger partial charge in [0, 0.05) is 6.54 Å². The lowest BCUT2D eigenvalue weighted by Crippen LogP contribution is -2.22. The Morgan fingerprint density at radius 1 is 0.920 bits per heavy atom. The van der Waals surface area contributed by atoms with Crippen LogP contribution in [0.25, 0.3) is 0 Å². The smallest absolute Gasteiger partial charge is 0.0716 e. The van der Waals surface area contributed by atoms with Crippen molar-refractivity contribution in [3.8, 4) is 6.07 Å². The molecule has 0 radical (unpaired) electrons. The van der Waals surface area contributed by atoms with Crippen LogP contribution in [0.3, 0.4) is 0 Å². The van der Waals surface area contributed by atoms with E-state index in [0.29, 0.717) is 5.92 Å². The van der Waals surface area contributed by atoms with Crippen molar-refractivity contribution >= 4 is 0 Å². The van der Waals surface area contributed by atoms with Gasteiger partial charge in [-0.1, -0.05) is 68.4 Å². The van der Waals surface area contributed by atoms with Gasteiger partial charge in [0.05, 0.1) is 12.0 Å². The topological polar surface area (TPSA) is 27.0 Å². The molecule has 1 atom stereocenters. The largest absolute Gasteiger partial charge is 0.306 e. The summed E-state index contributed by atoms with van der Waals surface area (Å²) in [5, 5.41) is 9.64. The maximum Gasteiger partial charge on any atom is 0.0716 e. The van der Waals surface area contributed by atoms with Gasteiger partial charge in [-0.05, 0) is 55.5 Å². The highest BCUT2D eigenvalue weighted by Crippen LogP contribution is 2.28. The van der Waals surface area contributed by atoms with Crippen molar-refractivity contribution in [2.75, 3.05) is 20.1 Å². The molecule has 25 heavy (non-hydrogen) atoms. The second kappa shape index (κ2) is 10.0. The molecule has 132 valence electrons. The molecule has 2 aromatic carbocycles. The van der Waals surface area contributed by atoms with Crippen LogP contribution in [0.4, 0.5) is 0 Å². The monoisotopic (exact) mass is 334 g/mol. The Hall–Kier alpha value is -2.11. The molecule has 0 saturated heterocycles. The Bertz CT molecular complexity index is 670. The summed E-state index contributed by atoms with van der Waals surface area (Å²) in [7, 11) is 2.17. The Morgan fingerprint density at radius 2 is 1.56 bits per heavy atom. The zero-order chi connectivity index (χ0) is 18.1. The molecular weight excluding hydrogens is 304 g/mol. The highest BCUT2D eigenvalue weighted by Gasteiger charge is 2.16. The molecule has 0 amide bonds. The fraction of sp³-hybridized carbons (Fsp3) is 0.435. The maximum atomic E-state index is 9.64. The molecule has 2 nitrogen and oxygen atoms in total. The molecule has 2 aromatic rings. The summed E-state index contributed by atoms with van der Waals surface area (Å²) in [5.41, 5.74) is 3.91. The average molecular weight is 335 g/mol. The number of nitriles is 1. The van der Waals surface area contributed by atoms with Gasteiger partial charge < -0.3 is 4.90 Å². The molecule has 0 spiro atoms. The van der Waals surface area contributed by atoms with Crippen LogP contribution in [-0.2, 0) is 6.42 Å². The fourth-order valence-electron chi connectivity index (χ4n) is 3.29. The number of hydrogen-bond acceptors (Lipinski definition) is 2. The SMILES string of the molecule is CC(C)c1ccccc1C(C#N)CCCN(C)CCc1ccccc1. The third kappa shape index (κ3) is 6.03. The zero-order valence-electron chi connectivity index (χ0n) is 15.8. The normalized spacial score (nSPS) is 12.3. The predicted octanol–water partition coefficient (Wildman–Crippen LogP) is 5.37. The summed E-state index contributed by atoms with van der Waals surface area (Å²) in [6, 6.07) is 21.6. The Kier molecular flexibility index (Phi) is 7.70. The molecule has 0 fully saturated rings. The van der Waals surface area contributed by atoms with Crippen LogP contribution in [0.1, 0.15) is 55.2 Å². The lowest BCUT2D eigenvalue weighted by Gasteiger charge is -2.19. The number of rotatable bonds is 9. The van der Waals surface area contributed by atoms with Crippen molar-refractivity contribution in [2.24, 2.45) is 0 Å². The Labute approximate surface area is 153 Å². The summed E-state index contributed by atoms with van der Waals surface area (Å²) >= 11 is 0. The van der Waals surface area contributed by atoms with Crippen molar-refractivity contribution in [2.45, 2.75) is 44.9 Å². The van der Waals surface area contributed by atoms with E-state index in [1.807, 2.05) is 0 Å². The van der Waals surface area contributed by atoms with Gasteiger partial charge in [-0.3, -0.25) is 0 Å². The Balaban J connectivity index is 1.82. The van der Waals surface area contributed by atoms with E-state index >= 15 is 0 Å². The number of benzene rings is 2. The van der Waals surface area contributed by atoms with Crippen LogP contribution in [0.5, 0.6) is 0 Å². The van der Waals surface area contributed by atoms with Crippen LogP contribution in [0.2, 0.25) is 0 Å². The highest BCUT2D eigenvalue weighted by molar-refractivity contribution is 5.35. The van der Waals surface area contributed by atoms with E-state index in [9.17, 15) is 5.26 Å². The molecule has 0 aliphatic rings. The molecule has 0 saturated carbocycles. The van der Waals surface area contributed by atoms with Crippen LogP contribution >= 0.6 is 0 Å². The summed E-state index contributed by atoms with van der Waals surface area (Å²) in [6.07, 6.45) is 3.06. The van der Waals surface area contributed by atoms with E-state index in [-0.39, 0.29) is 5.92 Å². The van der Waals surface area contributed by atoms with E-state index in [4.69, 9.17) is 0 Å². The van der Waals surface area contributed by atoms with E-state index in [1.165, 1.54) is 16.7 Å². The number of nitrogens with zero attached hydrogens (tertiary/aromatic N) is 2. The lowest BCUT2D eigenvalue weighted by molar-refractivity contribution is 0.328. The van der Waals surface area contributed by atoms with Gasteiger partial charge in [-0.25, -0.2) is 0 Å². The fourth-order valence-corrected chi connectivity index (χ4v) is 3.29. The molecule has 2 rings (SSSR count). The number of likely N-dealkylation sites (N-methyl/N-ethyl adjacent to an activating group) is 1. The molecule has 0 heterocycles. The molecular formula is C23H30N2. The third-order valence-corrected chi connectivity index (χ3v) is 4.81. The first-order valence-corrected chi connectivity index (χ1v) is 9.32. The average Bonchev–Trinajstić information content (AvgIpc) is 2.64. The molecule has 0 bridgehead atoms. The van der Waals surface area contributed by atoms with Gasteiger partial charge in [0.25, 0.3) is 0 Å². The van der Waals surface area contributed by atoms with Crippen molar-refractivity contribution < 1.29 is 0 Å². The maximum absolute atomic E-state index is 9.64.